The van der Waals surface area contributed by atoms with Crippen molar-refractivity contribution in [2.45, 2.75) is 19.9 Å². The van der Waals surface area contributed by atoms with E-state index in [1.54, 1.807) is 11.8 Å². The fourth-order valence-electron chi connectivity index (χ4n) is 2.87. The minimum atomic E-state index is -0.829. The molecule has 3 rings (SSSR count). The van der Waals surface area contributed by atoms with E-state index in [9.17, 15) is 14.7 Å². The number of para-hydroxylation sites is 1. The van der Waals surface area contributed by atoms with E-state index in [-0.39, 0.29) is 12.5 Å². The van der Waals surface area contributed by atoms with Crippen LogP contribution in [0.25, 0.3) is 10.9 Å². The van der Waals surface area contributed by atoms with Gasteiger partial charge in [0.2, 0.25) is 5.91 Å². The zero-order valence-corrected chi connectivity index (χ0v) is 12.0. The van der Waals surface area contributed by atoms with Gasteiger partial charge in [-0.05, 0) is 30.9 Å². The van der Waals surface area contributed by atoms with Gasteiger partial charge in [-0.2, -0.15) is 0 Å². The lowest BCUT2D eigenvalue weighted by Gasteiger charge is -2.20. The van der Waals surface area contributed by atoms with E-state index < -0.39 is 11.4 Å². The molecular formula is C16H18N2O3. The first-order valence-electron chi connectivity index (χ1n) is 7.05. The van der Waals surface area contributed by atoms with Gasteiger partial charge in [0, 0.05) is 24.8 Å². The molecule has 1 unspecified atom stereocenters. The second-order valence-corrected chi connectivity index (χ2v) is 5.93. The Hall–Kier alpha value is -2.30. The van der Waals surface area contributed by atoms with Crippen molar-refractivity contribution < 1.29 is 14.7 Å². The van der Waals surface area contributed by atoms with Crippen LogP contribution in [0.5, 0.6) is 0 Å². The molecule has 1 amide bonds. The topological polar surface area (TPSA) is 62.5 Å². The Labute approximate surface area is 122 Å². The van der Waals surface area contributed by atoms with Crippen molar-refractivity contribution in [1.82, 2.24) is 9.47 Å². The van der Waals surface area contributed by atoms with E-state index in [1.807, 2.05) is 41.1 Å². The molecule has 0 spiro atoms. The average molecular weight is 286 g/mol. The Morgan fingerprint density at radius 2 is 2.05 bits per heavy atom. The fraction of sp³-hybridized carbons (Fsp3) is 0.375. The highest BCUT2D eigenvalue weighted by atomic mass is 16.4. The van der Waals surface area contributed by atoms with E-state index in [0.29, 0.717) is 19.5 Å². The lowest BCUT2D eigenvalue weighted by molar-refractivity contribution is -0.147. The van der Waals surface area contributed by atoms with Crippen LogP contribution in [0.1, 0.15) is 13.3 Å². The van der Waals surface area contributed by atoms with E-state index in [2.05, 4.69) is 0 Å². The monoisotopic (exact) mass is 286 g/mol. The normalized spacial score (nSPS) is 21.9. The van der Waals surface area contributed by atoms with Crippen molar-refractivity contribution in [3.63, 3.8) is 0 Å². The summed E-state index contributed by atoms with van der Waals surface area (Å²) < 4.78 is 1.91. The summed E-state index contributed by atoms with van der Waals surface area (Å²) in [6.07, 6.45) is 2.41. The van der Waals surface area contributed by atoms with Crippen LogP contribution < -0.4 is 0 Å². The smallest absolute Gasteiger partial charge is 0.311 e. The molecular weight excluding hydrogens is 268 g/mol. The maximum absolute atomic E-state index is 12.4. The highest BCUT2D eigenvalue weighted by molar-refractivity contribution is 5.84. The summed E-state index contributed by atoms with van der Waals surface area (Å²) in [4.78, 5) is 25.3. The number of fused-ring (bicyclic) bond motifs is 1. The molecule has 110 valence electrons. The number of hydrogen-bond donors (Lipinski definition) is 1. The van der Waals surface area contributed by atoms with Gasteiger partial charge in [0.1, 0.15) is 6.54 Å². The number of carboxylic acid groups (broad SMARTS) is 1. The van der Waals surface area contributed by atoms with Crippen LogP contribution in [-0.4, -0.2) is 39.5 Å². The van der Waals surface area contributed by atoms with Crippen LogP contribution >= 0.6 is 0 Å². The van der Waals surface area contributed by atoms with Gasteiger partial charge in [0.15, 0.2) is 0 Å². The van der Waals surface area contributed by atoms with Crippen molar-refractivity contribution in [2.75, 3.05) is 13.1 Å². The second-order valence-electron chi connectivity index (χ2n) is 5.93. The molecule has 0 radical (unpaired) electrons. The van der Waals surface area contributed by atoms with Gasteiger partial charge in [-0.1, -0.05) is 18.2 Å². The Morgan fingerprint density at radius 3 is 2.76 bits per heavy atom. The molecule has 2 aromatic rings. The largest absolute Gasteiger partial charge is 0.481 e. The van der Waals surface area contributed by atoms with Gasteiger partial charge < -0.3 is 14.6 Å². The predicted molar refractivity (Wildman–Crippen MR) is 78.9 cm³/mol. The first-order valence-corrected chi connectivity index (χ1v) is 7.05. The molecule has 21 heavy (non-hydrogen) atoms. The summed E-state index contributed by atoms with van der Waals surface area (Å²) in [5.41, 5.74) is 0.208. The van der Waals surface area contributed by atoms with Gasteiger partial charge in [0.25, 0.3) is 0 Å². The van der Waals surface area contributed by atoms with Crippen LogP contribution in [-0.2, 0) is 16.1 Å². The lowest BCUT2D eigenvalue weighted by atomic mass is 9.90. The molecule has 1 aromatic heterocycles. The first-order chi connectivity index (χ1) is 9.99. The molecule has 1 fully saturated rings. The maximum Gasteiger partial charge on any atom is 0.311 e. The summed E-state index contributed by atoms with van der Waals surface area (Å²) in [5, 5.41) is 10.3. The number of amides is 1. The fourth-order valence-corrected chi connectivity index (χ4v) is 2.87. The zero-order valence-electron chi connectivity index (χ0n) is 12.0. The van der Waals surface area contributed by atoms with Gasteiger partial charge in [-0.25, -0.2) is 0 Å². The third-order valence-electron chi connectivity index (χ3n) is 4.33. The summed E-state index contributed by atoms with van der Waals surface area (Å²) in [6, 6.07) is 9.88. The third kappa shape index (κ3) is 2.39. The molecule has 1 aliphatic rings. The maximum atomic E-state index is 12.4. The Morgan fingerprint density at radius 1 is 1.29 bits per heavy atom. The number of aromatic nitrogens is 1. The standard InChI is InChI=1S/C16H18N2O3/c1-16(15(20)21)7-9-18(11-16)14(19)10-17-8-6-12-4-2-3-5-13(12)17/h2-6,8H,7,9-11H2,1H3,(H,20,21). The molecule has 1 N–H and O–H groups in total. The third-order valence-corrected chi connectivity index (χ3v) is 4.33. The lowest BCUT2D eigenvalue weighted by Crippen LogP contribution is -2.36. The molecule has 0 aliphatic carbocycles. The van der Waals surface area contributed by atoms with Crippen LogP contribution in [0, 0.1) is 5.41 Å². The summed E-state index contributed by atoms with van der Waals surface area (Å²) in [6.45, 7) is 2.76. The molecule has 2 heterocycles. The van der Waals surface area contributed by atoms with Crippen LogP contribution in [0.4, 0.5) is 0 Å². The van der Waals surface area contributed by atoms with Crippen molar-refractivity contribution in [1.29, 1.82) is 0 Å². The number of carbonyl (C=O) groups excluding carboxylic acids is 1. The SMILES string of the molecule is CC1(C(=O)O)CCN(C(=O)Cn2ccc3ccccc32)C1. The quantitative estimate of drug-likeness (QED) is 0.938. The number of aliphatic carboxylic acids is 1. The zero-order chi connectivity index (χ0) is 15.0. The number of benzene rings is 1. The number of likely N-dealkylation sites (tertiary alicyclic amines) is 1. The number of carboxylic acids is 1. The molecule has 0 saturated carbocycles. The van der Waals surface area contributed by atoms with Crippen molar-refractivity contribution in [2.24, 2.45) is 5.41 Å². The number of carbonyl (C=O) groups is 2. The average Bonchev–Trinajstić information content (AvgIpc) is 3.05. The molecule has 1 aliphatic heterocycles. The first kappa shape index (κ1) is 13.7. The van der Waals surface area contributed by atoms with Crippen molar-refractivity contribution in [3.8, 4) is 0 Å². The highest BCUT2D eigenvalue weighted by Crippen LogP contribution is 2.30. The Balaban J connectivity index is 1.74. The van der Waals surface area contributed by atoms with Gasteiger partial charge in [-0.3, -0.25) is 9.59 Å². The molecule has 1 saturated heterocycles. The minimum absolute atomic E-state index is 0.0265. The highest BCUT2D eigenvalue weighted by Gasteiger charge is 2.41. The molecule has 5 nitrogen and oxygen atoms in total. The molecule has 5 heteroatoms. The second kappa shape index (κ2) is 4.91. The van der Waals surface area contributed by atoms with E-state index in [1.165, 1.54) is 0 Å². The van der Waals surface area contributed by atoms with Gasteiger partial charge in [0.05, 0.1) is 5.41 Å². The summed E-state index contributed by atoms with van der Waals surface area (Å²) in [7, 11) is 0. The summed E-state index contributed by atoms with van der Waals surface area (Å²) in [5.74, 6) is -0.856. The van der Waals surface area contributed by atoms with Gasteiger partial charge >= 0.3 is 5.97 Å². The van der Waals surface area contributed by atoms with E-state index in [0.717, 1.165) is 10.9 Å². The van der Waals surface area contributed by atoms with Crippen LogP contribution in [0.2, 0.25) is 0 Å². The molecule has 1 aromatic carbocycles. The number of nitrogens with zero attached hydrogens (tertiary/aromatic N) is 2. The summed E-state index contributed by atoms with van der Waals surface area (Å²) >= 11 is 0. The van der Waals surface area contributed by atoms with Crippen LogP contribution in [0.15, 0.2) is 36.5 Å². The van der Waals surface area contributed by atoms with E-state index in [4.69, 9.17) is 0 Å². The Bertz CT molecular complexity index is 706. The molecule has 0 bridgehead atoms. The van der Waals surface area contributed by atoms with Crippen molar-refractivity contribution in [3.05, 3.63) is 36.5 Å². The predicted octanol–water partition coefficient (Wildman–Crippen LogP) is 1.96. The van der Waals surface area contributed by atoms with E-state index >= 15 is 0 Å². The minimum Gasteiger partial charge on any atom is -0.481 e. The molecule has 1 atom stereocenters. The van der Waals surface area contributed by atoms with Gasteiger partial charge in [-0.15, -0.1) is 0 Å². The van der Waals surface area contributed by atoms with Crippen LogP contribution in [0.3, 0.4) is 0 Å². The number of rotatable bonds is 3. The number of hydrogen-bond acceptors (Lipinski definition) is 2. The Kier molecular flexibility index (Phi) is 3.20. The van der Waals surface area contributed by atoms with Crippen molar-refractivity contribution >= 4 is 22.8 Å².